The van der Waals surface area contributed by atoms with Gasteiger partial charge in [-0.15, -0.1) is 0 Å². The van der Waals surface area contributed by atoms with Crippen molar-refractivity contribution in [2.24, 2.45) is 0 Å². The standard InChI is InChI=1S/C17H14N2O/c1-20-17-4-2-3-16-15(17)9-10-19(16)12-14-7-5-13(11-18)6-8-14/h2-10H,12H2,1H3. The SMILES string of the molecule is COc1cccc2c1ccn2Cc1ccc(C#N)cc1. The number of rotatable bonds is 3. The molecular weight excluding hydrogens is 248 g/mol. The zero-order valence-corrected chi connectivity index (χ0v) is 11.2. The van der Waals surface area contributed by atoms with E-state index in [1.165, 1.54) is 5.56 Å². The fourth-order valence-electron chi connectivity index (χ4n) is 2.39. The van der Waals surface area contributed by atoms with E-state index in [0.29, 0.717) is 5.56 Å². The molecule has 3 aromatic rings. The highest BCUT2D eigenvalue weighted by atomic mass is 16.5. The van der Waals surface area contributed by atoms with Crippen LogP contribution >= 0.6 is 0 Å². The summed E-state index contributed by atoms with van der Waals surface area (Å²) in [6.07, 6.45) is 2.06. The number of ether oxygens (including phenoxy) is 1. The smallest absolute Gasteiger partial charge is 0.128 e. The zero-order valence-electron chi connectivity index (χ0n) is 11.2. The molecular formula is C17H14N2O. The van der Waals surface area contributed by atoms with Crippen molar-refractivity contribution in [2.75, 3.05) is 7.11 Å². The van der Waals surface area contributed by atoms with Crippen molar-refractivity contribution in [3.63, 3.8) is 0 Å². The van der Waals surface area contributed by atoms with E-state index in [2.05, 4.69) is 29.0 Å². The molecule has 0 amide bonds. The van der Waals surface area contributed by atoms with E-state index in [1.54, 1.807) is 7.11 Å². The van der Waals surface area contributed by atoms with E-state index in [-0.39, 0.29) is 0 Å². The van der Waals surface area contributed by atoms with Gasteiger partial charge in [-0.3, -0.25) is 0 Å². The molecule has 0 N–H and O–H groups in total. The Morgan fingerprint density at radius 2 is 1.90 bits per heavy atom. The van der Waals surface area contributed by atoms with Gasteiger partial charge in [-0.2, -0.15) is 5.26 Å². The van der Waals surface area contributed by atoms with E-state index < -0.39 is 0 Å². The van der Waals surface area contributed by atoms with Gasteiger partial charge < -0.3 is 9.30 Å². The third-order valence-corrected chi connectivity index (χ3v) is 3.43. The lowest BCUT2D eigenvalue weighted by Crippen LogP contribution is -1.97. The topological polar surface area (TPSA) is 38.0 Å². The van der Waals surface area contributed by atoms with Crippen LogP contribution in [0.15, 0.2) is 54.7 Å². The van der Waals surface area contributed by atoms with Crippen LogP contribution in [0, 0.1) is 11.3 Å². The molecule has 98 valence electrons. The molecule has 0 saturated heterocycles. The van der Waals surface area contributed by atoms with Crippen molar-refractivity contribution < 1.29 is 4.74 Å². The lowest BCUT2D eigenvalue weighted by molar-refractivity contribution is 0.420. The fraction of sp³-hybridized carbons (Fsp3) is 0.118. The normalized spacial score (nSPS) is 10.4. The van der Waals surface area contributed by atoms with E-state index in [4.69, 9.17) is 10.00 Å². The number of aromatic nitrogens is 1. The Balaban J connectivity index is 1.96. The number of methoxy groups -OCH3 is 1. The molecule has 3 rings (SSSR count). The van der Waals surface area contributed by atoms with Crippen LogP contribution < -0.4 is 4.74 Å². The van der Waals surface area contributed by atoms with Gasteiger partial charge >= 0.3 is 0 Å². The van der Waals surface area contributed by atoms with Gasteiger partial charge in [0.15, 0.2) is 0 Å². The number of nitriles is 1. The highest BCUT2D eigenvalue weighted by molar-refractivity contribution is 5.86. The second-order valence-electron chi connectivity index (χ2n) is 4.65. The Morgan fingerprint density at radius 3 is 2.60 bits per heavy atom. The minimum atomic E-state index is 0.688. The Kier molecular flexibility index (Phi) is 3.14. The van der Waals surface area contributed by atoms with E-state index >= 15 is 0 Å². The van der Waals surface area contributed by atoms with Crippen LogP contribution in [0.2, 0.25) is 0 Å². The van der Waals surface area contributed by atoms with Crippen LogP contribution in [0.4, 0.5) is 0 Å². The number of nitrogens with zero attached hydrogens (tertiary/aromatic N) is 2. The Bertz CT molecular complexity index is 779. The number of hydrogen-bond donors (Lipinski definition) is 0. The van der Waals surface area contributed by atoms with Gasteiger partial charge in [0.05, 0.1) is 24.3 Å². The molecule has 3 nitrogen and oxygen atoms in total. The molecule has 0 bridgehead atoms. The van der Waals surface area contributed by atoms with E-state index in [1.807, 2.05) is 36.4 Å². The van der Waals surface area contributed by atoms with Crippen LogP contribution in [0.3, 0.4) is 0 Å². The number of hydrogen-bond acceptors (Lipinski definition) is 2. The third-order valence-electron chi connectivity index (χ3n) is 3.43. The number of benzene rings is 2. The van der Waals surface area contributed by atoms with Crippen molar-refractivity contribution in [3.8, 4) is 11.8 Å². The van der Waals surface area contributed by atoms with Crippen LogP contribution in [0.25, 0.3) is 10.9 Å². The summed E-state index contributed by atoms with van der Waals surface area (Å²) in [6.45, 7) is 0.780. The second kappa shape index (κ2) is 5.10. The highest BCUT2D eigenvalue weighted by Crippen LogP contribution is 2.26. The van der Waals surface area contributed by atoms with Gasteiger partial charge in [-0.25, -0.2) is 0 Å². The van der Waals surface area contributed by atoms with Gasteiger partial charge in [-0.05, 0) is 35.9 Å². The van der Waals surface area contributed by atoms with Gasteiger partial charge in [0, 0.05) is 18.1 Å². The van der Waals surface area contributed by atoms with Gasteiger partial charge in [0.1, 0.15) is 5.75 Å². The molecule has 0 saturated carbocycles. The molecule has 0 radical (unpaired) electrons. The predicted octanol–water partition coefficient (Wildman–Crippen LogP) is 3.57. The molecule has 1 aromatic heterocycles. The molecule has 1 heterocycles. The molecule has 3 heteroatoms. The average molecular weight is 262 g/mol. The summed E-state index contributed by atoms with van der Waals surface area (Å²) in [4.78, 5) is 0. The molecule has 20 heavy (non-hydrogen) atoms. The van der Waals surface area contributed by atoms with Crippen molar-refractivity contribution in [1.29, 1.82) is 5.26 Å². The number of fused-ring (bicyclic) bond motifs is 1. The molecule has 0 atom stereocenters. The maximum Gasteiger partial charge on any atom is 0.128 e. The Labute approximate surface area is 117 Å². The second-order valence-corrected chi connectivity index (χ2v) is 4.65. The lowest BCUT2D eigenvalue weighted by Gasteiger charge is -2.07. The molecule has 0 aliphatic heterocycles. The summed E-state index contributed by atoms with van der Waals surface area (Å²) in [6, 6.07) is 17.9. The summed E-state index contributed by atoms with van der Waals surface area (Å²) in [7, 11) is 1.69. The first-order valence-electron chi connectivity index (χ1n) is 6.42. The van der Waals surface area contributed by atoms with E-state index in [0.717, 1.165) is 23.2 Å². The quantitative estimate of drug-likeness (QED) is 0.723. The van der Waals surface area contributed by atoms with Crippen molar-refractivity contribution >= 4 is 10.9 Å². The van der Waals surface area contributed by atoms with E-state index in [9.17, 15) is 0 Å². The fourth-order valence-corrected chi connectivity index (χ4v) is 2.39. The first kappa shape index (κ1) is 12.3. The minimum Gasteiger partial charge on any atom is -0.496 e. The Morgan fingerprint density at radius 1 is 1.10 bits per heavy atom. The van der Waals surface area contributed by atoms with Crippen LogP contribution in [-0.2, 0) is 6.54 Å². The lowest BCUT2D eigenvalue weighted by atomic mass is 10.1. The molecule has 0 fully saturated rings. The molecule has 0 unspecified atom stereocenters. The summed E-state index contributed by atoms with van der Waals surface area (Å²) in [5, 5.41) is 9.93. The van der Waals surface area contributed by atoms with Gasteiger partial charge in [0.2, 0.25) is 0 Å². The van der Waals surface area contributed by atoms with Crippen LogP contribution in [0.5, 0.6) is 5.75 Å². The first-order chi connectivity index (χ1) is 9.81. The zero-order chi connectivity index (χ0) is 13.9. The van der Waals surface area contributed by atoms with Gasteiger partial charge in [-0.1, -0.05) is 18.2 Å². The first-order valence-corrected chi connectivity index (χ1v) is 6.42. The van der Waals surface area contributed by atoms with Gasteiger partial charge in [0.25, 0.3) is 0 Å². The molecule has 0 aliphatic rings. The molecule has 0 aliphatic carbocycles. The van der Waals surface area contributed by atoms with Crippen LogP contribution in [-0.4, -0.2) is 11.7 Å². The Hall–Kier alpha value is -2.73. The van der Waals surface area contributed by atoms with Crippen LogP contribution in [0.1, 0.15) is 11.1 Å². The maximum absolute atomic E-state index is 8.82. The van der Waals surface area contributed by atoms with Crippen molar-refractivity contribution in [3.05, 3.63) is 65.9 Å². The molecule has 2 aromatic carbocycles. The highest BCUT2D eigenvalue weighted by Gasteiger charge is 2.06. The molecule has 0 spiro atoms. The third kappa shape index (κ3) is 2.12. The summed E-state index contributed by atoms with van der Waals surface area (Å²) >= 11 is 0. The van der Waals surface area contributed by atoms with Crippen molar-refractivity contribution in [2.45, 2.75) is 6.54 Å². The summed E-state index contributed by atoms with van der Waals surface area (Å²) in [5.41, 5.74) is 3.01. The summed E-state index contributed by atoms with van der Waals surface area (Å²) < 4.78 is 7.55. The minimum absolute atomic E-state index is 0.688. The maximum atomic E-state index is 8.82. The average Bonchev–Trinajstić information content (AvgIpc) is 2.91. The predicted molar refractivity (Wildman–Crippen MR) is 78.7 cm³/mol. The largest absolute Gasteiger partial charge is 0.496 e. The van der Waals surface area contributed by atoms with Crippen molar-refractivity contribution in [1.82, 2.24) is 4.57 Å². The summed E-state index contributed by atoms with van der Waals surface area (Å²) in [5.74, 6) is 0.890. The monoisotopic (exact) mass is 262 g/mol.